The summed E-state index contributed by atoms with van der Waals surface area (Å²) < 4.78 is 27.1. The summed E-state index contributed by atoms with van der Waals surface area (Å²) in [5.41, 5.74) is 1.01. The molecule has 1 aliphatic rings. The first-order valence-corrected chi connectivity index (χ1v) is 12.5. The van der Waals surface area contributed by atoms with Crippen LogP contribution in [0.5, 0.6) is 0 Å². The highest BCUT2D eigenvalue weighted by molar-refractivity contribution is 7.92. The Balaban J connectivity index is 1.65. The number of rotatable bonds is 7. The van der Waals surface area contributed by atoms with Crippen LogP contribution in [0, 0.1) is 5.92 Å². The van der Waals surface area contributed by atoms with Gasteiger partial charge in [-0.1, -0.05) is 18.2 Å². The summed E-state index contributed by atoms with van der Waals surface area (Å²) in [6.45, 7) is 6.38. The van der Waals surface area contributed by atoms with Gasteiger partial charge in [0.1, 0.15) is 0 Å². The maximum atomic E-state index is 12.9. The van der Waals surface area contributed by atoms with Crippen LogP contribution in [0.2, 0.25) is 0 Å². The van der Waals surface area contributed by atoms with Gasteiger partial charge in [-0.15, -0.1) is 0 Å². The maximum Gasteiger partial charge on any atom is 0.264 e. The highest BCUT2D eigenvalue weighted by Crippen LogP contribution is 2.24. The smallest absolute Gasteiger partial charge is 0.264 e. The number of para-hydroxylation sites is 1. The quantitative estimate of drug-likeness (QED) is 0.640. The van der Waals surface area contributed by atoms with Crippen LogP contribution in [0.25, 0.3) is 0 Å². The molecule has 32 heavy (non-hydrogen) atoms. The van der Waals surface area contributed by atoms with Crippen LogP contribution in [0.3, 0.4) is 0 Å². The largest absolute Gasteiger partial charge is 0.343 e. The molecule has 0 aromatic heterocycles. The number of carbonyl (C=O) groups is 2. The Bertz CT molecular complexity index is 1030. The molecule has 0 atom stereocenters. The van der Waals surface area contributed by atoms with Crippen molar-refractivity contribution in [2.75, 3.05) is 37.5 Å². The van der Waals surface area contributed by atoms with Crippen molar-refractivity contribution in [3.05, 3.63) is 60.2 Å². The summed E-state index contributed by atoms with van der Waals surface area (Å²) in [5, 5.41) is 0. The predicted octanol–water partition coefficient (Wildman–Crippen LogP) is 3.23. The molecular formula is C24H31N3O4S. The van der Waals surface area contributed by atoms with E-state index in [1.54, 1.807) is 41.3 Å². The van der Waals surface area contributed by atoms with E-state index in [0.717, 1.165) is 0 Å². The van der Waals surface area contributed by atoms with Gasteiger partial charge in [-0.2, -0.15) is 0 Å². The molecule has 8 heteroatoms. The van der Waals surface area contributed by atoms with Crippen molar-refractivity contribution in [2.24, 2.45) is 5.92 Å². The number of sulfonamides is 1. The molecule has 2 aromatic carbocycles. The molecule has 1 heterocycles. The molecule has 0 radical (unpaired) electrons. The first kappa shape index (κ1) is 23.8. The highest BCUT2D eigenvalue weighted by Gasteiger charge is 2.30. The highest BCUT2D eigenvalue weighted by atomic mass is 32.2. The molecule has 1 aliphatic heterocycles. The molecule has 172 valence electrons. The molecule has 0 bridgehead atoms. The van der Waals surface area contributed by atoms with Gasteiger partial charge in [-0.3, -0.25) is 13.9 Å². The minimum Gasteiger partial charge on any atom is -0.343 e. The summed E-state index contributed by atoms with van der Waals surface area (Å²) in [7, 11) is -2.22. The Morgan fingerprint density at radius 2 is 1.50 bits per heavy atom. The zero-order chi connectivity index (χ0) is 23.3. The van der Waals surface area contributed by atoms with E-state index in [9.17, 15) is 18.0 Å². The number of amides is 2. The van der Waals surface area contributed by atoms with Crippen LogP contribution in [0.15, 0.2) is 59.5 Å². The number of likely N-dealkylation sites (tertiary alicyclic amines) is 1. The summed E-state index contributed by atoms with van der Waals surface area (Å²) in [5.74, 6) is -0.0155. The van der Waals surface area contributed by atoms with Crippen LogP contribution in [-0.2, 0) is 14.8 Å². The van der Waals surface area contributed by atoms with Gasteiger partial charge in [0, 0.05) is 44.7 Å². The summed E-state index contributed by atoms with van der Waals surface area (Å²) in [6.07, 6.45) is 1.30. The van der Waals surface area contributed by atoms with Crippen LogP contribution in [-0.4, -0.2) is 63.3 Å². The molecule has 0 spiro atoms. The molecule has 2 amide bonds. The monoisotopic (exact) mass is 457 g/mol. The number of hydrogen-bond donors (Lipinski definition) is 0. The first-order chi connectivity index (χ1) is 15.3. The van der Waals surface area contributed by atoms with E-state index in [2.05, 4.69) is 0 Å². The third-order valence-electron chi connectivity index (χ3n) is 6.09. The topological polar surface area (TPSA) is 78.0 Å². The Hall–Kier alpha value is -2.87. The maximum absolute atomic E-state index is 12.9. The molecular weight excluding hydrogens is 426 g/mol. The molecule has 0 saturated carbocycles. The lowest BCUT2D eigenvalue weighted by Crippen LogP contribution is -2.44. The van der Waals surface area contributed by atoms with E-state index in [1.165, 1.54) is 23.5 Å². The fraction of sp³-hybridized carbons (Fsp3) is 0.417. The van der Waals surface area contributed by atoms with Crippen LogP contribution >= 0.6 is 0 Å². The number of piperidine rings is 1. The number of nitrogens with zero attached hydrogens (tertiary/aromatic N) is 3. The van der Waals surface area contributed by atoms with Crippen molar-refractivity contribution < 1.29 is 18.0 Å². The van der Waals surface area contributed by atoms with Gasteiger partial charge in [-0.25, -0.2) is 8.42 Å². The van der Waals surface area contributed by atoms with Gasteiger partial charge < -0.3 is 9.80 Å². The first-order valence-electron chi connectivity index (χ1n) is 11.0. The van der Waals surface area contributed by atoms with E-state index in [1.807, 2.05) is 24.8 Å². The summed E-state index contributed by atoms with van der Waals surface area (Å²) in [6, 6.07) is 14.9. The number of anilines is 1. The van der Waals surface area contributed by atoms with Gasteiger partial charge in [-0.05, 0) is 63.1 Å². The Morgan fingerprint density at radius 3 is 2.03 bits per heavy atom. The number of hydrogen-bond acceptors (Lipinski definition) is 4. The van der Waals surface area contributed by atoms with Gasteiger partial charge in [0.15, 0.2) is 0 Å². The average Bonchev–Trinajstić information content (AvgIpc) is 2.84. The minimum atomic E-state index is -3.72. The molecule has 1 fully saturated rings. The van der Waals surface area contributed by atoms with E-state index in [0.29, 0.717) is 50.3 Å². The number of carbonyl (C=O) groups excluding carboxylic acids is 2. The lowest BCUT2D eigenvalue weighted by Gasteiger charge is -2.33. The number of benzene rings is 2. The SMILES string of the molecule is CCN(CC)C(=O)C1CCN(C(=O)c2ccc(S(=O)(=O)N(C)c3ccccc3)cc2)CC1. The molecule has 3 rings (SSSR count). The molecule has 7 nitrogen and oxygen atoms in total. The lowest BCUT2D eigenvalue weighted by molar-refractivity contribution is -0.136. The summed E-state index contributed by atoms with van der Waals surface area (Å²) in [4.78, 5) is 29.2. The third-order valence-corrected chi connectivity index (χ3v) is 7.89. The third kappa shape index (κ3) is 4.96. The molecule has 1 saturated heterocycles. The van der Waals surface area contributed by atoms with Crippen molar-refractivity contribution in [3.8, 4) is 0 Å². The van der Waals surface area contributed by atoms with Crippen LogP contribution < -0.4 is 4.31 Å². The second-order valence-corrected chi connectivity index (χ2v) is 9.88. The van der Waals surface area contributed by atoms with Gasteiger partial charge in [0.2, 0.25) is 5.91 Å². The van der Waals surface area contributed by atoms with E-state index < -0.39 is 10.0 Å². The zero-order valence-electron chi connectivity index (χ0n) is 18.9. The molecule has 2 aromatic rings. The second-order valence-electron chi connectivity index (χ2n) is 7.91. The molecule has 0 N–H and O–H groups in total. The fourth-order valence-corrected chi connectivity index (χ4v) is 5.21. The van der Waals surface area contributed by atoms with E-state index >= 15 is 0 Å². The minimum absolute atomic E-state index is 0.0417. The van der Waals surface area contributed by atoms with E-state index in [-0.39, 0.29) is 22.6 Å². The summed E-state index contributed by atoms with van der Waals surface area (Å²) >= 11 is 0. The predicted molar refractivity (Wildman–Crippen MR) is 125 cm³/mol. The van der Waals surface area contributed by atoms with Crippen LogP contribution in [0.4, 0.5) is 5.69 Å². The normalized spacial score (nSPS) is 14.8. The average molecular weight is 458 g/mol. The Labute approximate surface area is 190 Å². The Kier molecular flexibility index (Phi) is 7.56. The van der Waals surface area contributed by atoms with Crippen molar-refractivity contribution in [1.82, 2.24) is 9.80 Å². The fourth-order valence-electron chi connectivity index (χ4n) is 4.01. The van der Waals surface area contributed by atoms with Gasteiger partial charge in [0.25, 0.3) is 15.9 Å². The van der Waals surface area contributed by atoms with Crippen molar-refractivity contribution in [2.45, 2.75) is 31.6 Å². The lowest BCUT2D eigenvalue weighted by atomic mass is 9.94. The van der Waals surface area contributed by atoms with Crippen LogP contribution in [0.1, 0.15) is 37.0 Å². The second kappa shape index (κ2) is 10.2. The van der Waals surface area contributed by atoms with Gasteiger partial charge >= 0.3 is 0 Å². The van der Waals surface area contributed by atoms with Gasteiger partial charge in [0.05, 0.1) is 10.6 Å². The van der Waals surface area contributed by atoms with Crippen molar-refractivity contribution in [3.63, 3.8) is 0 Å². The zero-order valence-corrected chi connectivity index (χ0v) is 19.7. The van der Waals surface area contributed by atoms with Crippen molar-refractivity contribution >= 4 is 27.5 Å². The molecule has 0 aliphatic carbocycles. The standard InChI is InChI=1S/C24H31N3O4S/c1-4-26(5-2)23(28)20-15-17-27(18-16-20)24(29)19-11-13-22(14-12-19)32(30,31)25(3)21-9-7-6-8-10-21/h6-14,20H,4-5,15-18H2,1-3H3. The molecule has 0 unspecified atom stereocenters. The van der Waals surface area contributed by atoms with Crippen molar-refractivity contribution in [1.29, 1.82) is 0 Å². The Morgan fingerprint density at radius 1 is 0.938 bits per heavy atom. The van der Waals surface area contributed by atoms with E-state index in [4.69, 9.17) is 0 Å².